The highest BCUT2D eigenvalue weighted by atomic mass is 16.2. The highest BCUT2D eigenvalue weighted by Crippen LogP contribution is 2.09. The van der Waals surface area contributed by atoms with Crippen molar-refractivity contribution in [2.75, 3.05) is 32.0 Å². The van der Waals surface area contributed by atoms with Crippen molar-refractivity contribution in [2.24, 2.45) is 0 Å². The van der Waals surface area contributed by atoms with E-state index < -0.39 is 0 Å². The molecule has 1 heterocycles. The number of hydrogen-bond donors (Lipinski definition) is 2. The summed E-state index contributed by atoms with van der Waals surface area (Å²) in [5.41, 5.74) is 1.31. The molecule has 1 aliphatic rings. The third-order valence-electron chi connectivity index (χ3n) is 3.07. The summed E-state index contributed by atoms with van der Waals surface area (Å²) in [6.45, 7) is 2.27. The molecule has 2 N–H and O–H groups in total. The van der Waals surface area contributed by atoms with Gasteiger partial charge in [0.25, 0.3) is 0 Å². The van der Waals surface area contributed by atoms with Crippen molar-refractivity contribution in [2.45, 2.75) is 6.04 Å². The lowest BCUT2D eigenvalue weighted by atomic mass is 10.1. The molecule has 0 radical (unpaired) electrons. The fourth-order valence-electron chi connectivity index (χ4n) is 1.77. The number of nitrogens with one attached hydrogen (secondary N) is 2. The number of nitriles is 1. The molecule has 0 bridgehead atoms. The quantitative estimate of drug-likeness (QED) is 0.804. The van der Waals surface area contributed by atoms with Crippen LogP contribution in [0.2, 0.25) is 0 Å². The van der Waals surface area contributed by atoms with Gasteiger partial charge in [-0.1, -0.05) is 0 Å². The molecule has 94 valence electrons. The summed E-state index contributed by atoms with van der Waals surface area (Å²) in [6, 6.07) is 9.35. The van der Waals surface area contributed by atoms with Crippen LogP contribution in [0, 0.1) is 11.3 Å². The molecule has 1 aromatic rings. The van der Waals surface area contributed by atoms with E-state index in [1.54, 1.807) is 24.3 Å². The minimum Gasteiger partial charge on any atom is -0.325 e. The van der Waals surface area contributed by atoms with E-state index in [9.17, 15) is 4.79 Å². The summed E-state index contributed by atoms with van der Waals surface area (Å²) in [6.07, 6.45) is 0. The smallest absolute Gasteiger partial charge is 0.238 e. The monoisotopic (exact) mass is 244 g/mol. The lowest BCUT2D eigenvalue weighted by Crippen LogP contribution is -2.57. The number of amides is 1. The van der Waals surface area contributed by atoms with Crippen LogP contribution in [0.15, 0.2) is 24.3 Å². The third kappa shape index (κ3) is 3.06. The number of carbonyl (C=O) groups is 1. The molecular weight excluding hydrogens is 228 g/mol. The zero-order valence-electron chi connectivity index (χ0n) is 10.3. The van der Waals surface area contributed by atoms with Crippen LogP contribution in [0.1, 0.15) is 5.56 Å². The van der Waals surface area contributed by atoms with Crippen molar-refractivity contribution in [3.05, 3.63) is 29.8 Å². The third-order valence-corrected chi connectivity index (χ3v) is 3.07. The van der Waals surface area contributed by atoms with Crippen molar-refractivity contribution in [1.82, 2.24) is 10.2 Å². The van der Waals surface area contributed by atoms with E-state index in [0.29, 0.717) is 18.2 Å². The Morgan fingerprint density at radius 3 is 2.67 bits per heavy atom. The van der Waals surface area contributed by atoms with E-state index in [4.69, 9.17) is 5.26 Å². The molecule has 1 aromatic carbocycles. The zero-order valence-corrected chi connectivity index (χ0v) is 10.3. The first-order valence-electron chi connectivity index (χ1n) is 5.90. The average molecular weight is 244 g/mol. The van der Waals surface area contributed by atoms with Gasteiger partial charge >= 0.3 is 0 Å². The molecule has 0 aliphatic carbocycles. The van der Waals surface area contributed by atoms with E-state index >= 15 is 0 Å². The van der Waals surface area contributed by atoms with Crippen LogP contribution in [0.25, 0.3) is 0 Å². The molecular formula is C13H16N4O. The Hall–Kier alpha value is -1.90. The molecule has 5 heteroatoms. The van der Waals surface area contributed by atoms with Gasteiger partial charge in [0.1, 0.15) is 0 Å². The second kappa shape index (κ2) is 5.63. The van der Waals surface area contributed by atoms with E-state index in [-0.39, 0.29) is 5.91 Å². The topological polar surface area (TPSA) is 68.2 Å². The van der Waals surface area contributed by atoms with Crippen LogP contribution in [0.3, 0.4) is 0 Å². The Morgan fingerprint density at radius 2 is 2.17 bits per heavy atom. The summed E-state index contributed by atoms with van der Waals surface area (Å²) in [5, 5.41) is 14.7. The van der Waals surface area contributed by atoms with Crippen molar-refractivity contribution in [3.63, 3.8) is 0 Å². The standard InChI is InChI=1S/C13H16N4O/c1-17(12-7-15-8-12)9-13(18)16-11-4-2-10(6-14)3-5-11/h2-5,12,15H,7-9H2,1H3,(H,16,18). The Kier molecular flexibility index (Phi) is 3.92. The Balaban J connectivity index is 1.84. The maximum atomic E-state index is 11.8. The van der Waals surface area contributed by atoms with Gasteiger partial charge in [-0.25, -0.2) is 0 Å². The Labute approximate surface area is 106 Å². The van der Waals surface area contributed by atoms with Crippen LogP contribution in [-0.4, -0.2) is 43.5 Å². The van der Waals surface area contributed by atoms with Crippen LogP contribution in [0.4, 0.5) is 5.69 Å². The van der Waals surface area contributed by atoms with Gasteiger partial charge in [0.2, 0.25) is 5.91 Å². The highest BCUT2D eigenvalue weighted by molar-refractivity contribution is 5.92. The molecule has 1 amide bonds. The number of hydrogen-bond acceptors (Lipinski definition) is 4. The van der Waals surface area contributed by atoms with E-state index in [0.717, 1.165) is 18.8 Å². The lowest BCUT2D eigenvalue weighted by molar-refractivity contribution is -0.117. The molecule has 0 spiro atoms. The van der Waals surface area contributed by atoms with Crippen molar-refractivity contribution in [1.29, 1.82) is 5.26 Å². The molecule has 1 aliphatic heterocycles. The van der Waals surface area contributed by atoms with Crippen LogP contribution < -0.4 is 10.6 Å². The van der Waals surface area contributed by atoms with E-state index in [1.165, 1.54) is 0 Å². The fraction of sp³-hybridized carbons (Fsp3) is 0.385. The minimum absolute atomic E-state index is 0.0332. The number of carbonyl (C=O) groups excluding carboxylic acids is 1. The maximum Gasteiger partial charge on any atom is 0.238 e. The summed E-state index contributed by atoms with van der Waals surface area (Å²) in [7, 11) is 1.95. The first-order valence-corrected chi connectivity index (χ1v) is 5.90. The second-order valence-electron chi connectivity index (χ2n) is 4.46. The molecule has 5 nitrogen and oxygen atoms in total. The van der Waals surface area contributed by atoms with Crippen molar-refractivity contribution in [3.8, 4) is 6.07 Å². The van der Waals surface area contributed by atoms with Crippen molar-refractivity contribution < 1.29 is 4.79 Å². The predicted molar refractivity (Wildman–Crippen MR) is 69.1 cm³/mol. The summed E-state index contributed by atoms with van der Waals surface area (Å²) < 4.78 is 0. The van der Waals surface area contributed by atoms with Gasteiger partial charge in [-0.2, -0.15) is 5.26 Å². The van der Waals surface area contributed by atoms with Gasteiger partial charge < -0.3 is 10.6 Å². The number of benzene rings is 1. The highest BCUT2D eigenvalue weighted by Gasteiger charge is 2.22. The minimum atomic E-state index is -0.0332. The number of anilines is 1. The largest absolute Gasteiger partial charge is 0.325 e. The Bertz CT molecular complexity index is 459. The summed E-state index contributed by atoms with van der Waals surface area (Å²) in [4.78, 5) is 13.8. The molecule has 0 saturated carbocycles. The molecule has 0 atom stereocenters. The predicted octanol–water partition coefficient (Wildman–Crippen LogP) is 0.400. The number of nitrogens with zero attached hydrogens (tertiary/aromatic N) is 2. The van der Waals surface area contributed by atoms with Gasteiger partial charge in [-0.3, -0.25) is 9.69 Å². The van der Waals surface area contributed by atoms with Gasteiger partial charge in [0, 0.05) is 24.8 Å². The van der Waals surface area contributed by atoms with E-state index in [2.05, 4.69) is 10.6 Å². The summed E-state index contributed by atoms with van der Waals surface area (Å²) >= 11 is 0. The molecule has 0 aromatic heterocycles. The SMILES string of the molecule is CN(CC(=O)Nc1ccc(C#N)cc1)C1CNC1. The Morgan fingerprint density at radius 1 is 1.50 bits per heavy atom. The lowest BCUT2D eigenvalue weighted by Gasteiger charge is -2.35. The fourth-order valence-corrected chi connectivity index (χ4v) is 1.77. The van der Waals surface area contributed by atoms with Crippen LogP contribution in [0.5, 0.6) is 0 Å². The summed E-state index contributed by atoms with van der Waals surface area (Å²) in [5.74, 6) is -0.0332. The molecule has 0 unspecified atom stereocenters. The zero-order chi connectivity index (χ0) is 13.0. The van der Waals surface area contributed by atoms with Gasteiger partial charge in [-0.05, 0) is 31.3 Å². The van der Waals surface area contributed by atoms with Gasteiger partial charge in [-0.15, -0.1) is 0 Å². The molecule has 1 saturated heterocycles. The van der Waals surface area contributed by atoms with Crippen LogP contribution in [-0.2, 0) is 4.79 Å². The van der Waals surface area contributed by atoms with Gasteiger partial charge in [0.05, 0.1) is 18.2 Å². The average Bonchev–Trinajstić information content (AvgIpc) is 2.27. The molecule has 18 heavy (non-hydrogen) atoms. The van der Waals surface area contributed by atoms with E-state index in [1.807, 2.05) is 18.0 Å². The first-order chi connectivity index (χ1) is 8.69. The normalized spacial score (nSPS) is 14.9. The molecule has 1 fully saturated rings. The number of likely N-dealkylation sites (N-methyl/N-ethyl adjacent to an activating group) is 1. The van der Waals surface area contributed by atoms with Crippen molar-refractivity contribution >= 4 is 11.6 Å². The second-order valence-corrected chi connectivity index (χ2v) is 4.46. The maximum absolute atomic E-state index is 11.8. The van der Waals surface area contributed by atoms with Gasteiger partial charge in [0.15, 0.2) is 0 Å². The first kappa shape index (κ1) is 12.6. The number of rotatable bonds is 4. The molecule has 2 rings (SSSR count). The van der Waals surface area contributed by atoms with Crippen LogP contribution >= 0.6 is 0 Å².